The van der Waals surface area contributed by atoms with E-state index in [2.05, 4.69) is 10.3 Å². The van der Waals surface area contributed by atoms with Crippen LogP contribution in [0.4, 0.5) is 0 Å². The molecule has 1 N–H and O–H groups in total. The Morgan fingerprint density at radius 2 is 1.64 bits per heavy atom. The second-order valence-corrected chi connectivity index (χ2v) is 8.74. The zero-order valence-corrected chi connectivity index (χ0v) is 19.1. The number of nitrogens with zero attached hydrogens (tertiary/aromatic N) is 2. The van der Waals surface area contributed by atoms with Crippen LogP contribution in [0, 0.1) is 6.92 Å². The van der Waals surface area contributed by atoms with Crippen molar-refractivity contribution in [2.45, 2.75) is 57.7 Å². The van der Waals surface area contributed by atoms with Gasteiger partial charge in [-0.25, -0.2) is 0 Å². The summed E-state index contributed by atoms with van der Waals surface area (Å²) in [5, 5.41) is 3.26. The number of hydrogen-bond acceptors (Lipinski definition) is 3. The maximum atomic E-state index is 13.8. The molecule has 1 aliphatic carbocycles. The number of carbonyl (C=O) groups excluding carboxylic acids is 2. The summed E-state index contributed by atoms with van der Waals surface area (Å²) in [5.41, 5.74) is 3.11. The lowest BCUT2D eigenvalue weighted by Crippen LogP contribution is -2.47. The molecule has 0 bridgehead atoms. The van der Waals surface area contributed by atoms with Crippen LogP contribution in [0.5, 0.6) is 0 Å². The van der Waals surface area contributed by atoms with Gasteiger partial charge in [0.15, 0.2) is 0 Å². The SMILES string of the molecule is Cc1ccccc1C(C(=O)NC1CCCCC1)N(Cc1ccccc1)C(=O)c1ccccn1. The maximum Gasteiger partial charge on any atom is 0.273 e. The van der Waals surface area contributed by atoms with Gasteiger partial charge in [-0.1, -0.05) is 79.9 Å². The Morgan fingerprint density at radius 1 is 0.939 bits per heavy atom. The van der Waals surface area contributed by atoms with Crippen LogP contribution in [0.15, 0.2) is 79.0 Å². The first-order valence-electron chi connectivity index (χ1n) is 11.8. The van der Waals surface area contributed by atoms with E-state index < -0.39 is 6.04 Å². The Balaban J connectivity index is 1.75. The molecule has 1 heterocycles. The number of aryl methyl sites for hydroxylation is 1. The van der Waals surface area contributed by atoms with Gasteiger partial charge in [-0.05, 0) is 48.6 Å². The molecule has 170 valence electrons. The van der Waals surface area contributed by atoms with Gasteiger partial charge >= 0.3 is 0 Å². The largest absolute Gasteiger partial charge is 0.351 e. The summed E-state index contributed by atoms with van der Waals surface area (Å²) in [4.78, 5) is 33.5. The predicted octanol–water partition coefficient (Wildman–Crippen LogP) is 5.22. The lowest BCUT2D eigenvalue weighted by Gasteiger charge is -2.34. The molecule has 0 radical (unpaired) electrons. The van der Waals surface area contributed by atoms with E-state index in [-0.39, 0.29) is 17.9 Å². The van der Waals surface area contributed by atoms with Crippen molar-refractivity contribution < 1.29 is 9.59 Å². The molecule has 1 fully saturated rings. The Bertz CT molecular complexity index is 1060. The van der Waals surface area contributed by atoms with E-state index in [1.807, 2.05) is 61.5 Å². The summed E-state index contributed by atoms with van der Waals surface area (Å²) in [6.45, 7) is 2.30. The van der Waals surface area contributed by atoms with E-state index in [0.29, 0.717) is 12.2 Å². The van der Waals surface area contributed by atoms with Crippen LogP contribution in [0.2, 0.25) is 0 Å². The van der Waals surface area contributed by atoms with Crippen molar-refractivity contribution in [3.05, 3.63) is 101 Å². The quantitative estimate of drug-likeness (QED) is 0.547. The fraction of sp³-hybridized carbons (Fsp3) is 0.321. The molecule has 0 aliphatic heterocycles. The first-order chi connectivity index (χ1) is 16.1. The molecule has 2 aromatic carbocycles. The van der Waals surface area contributed by atoms with E-state index >= 15 is 0 Å². The lowest BCUT2D eigenvalue weighted by molar-refractivity contribution is -0.127. The summed E-state index contributed by atoms with van der Waals surface area (Å²) in [6.07, 6.45) is 7.05. The summed E-state index contributed by atoms with van der Waals surface area (Å²) in [6, 6.07) is 22.3. The van der Waals surface area contributed by atoms with Crippen LogP contribution in [0.25, 0.3) is 0 Å². The Kier molecular flexibility index (Phi) is 7.51. The molecule has 1 unspecified atom stereocenters. The molecule has 1 atom stereocenters. The van der Waals surface area contributed by atoms with Gasteiger partial charge in [-0.2, -0.15) is 0 Å². The van der Waals surface area contributed by atoms with Gasteiger partial charge in [0.05, 0.1) is 0 Å². The molecule has 1 aromatic heterocycles. The van der Waals surface area contributed by atoms with Crippen LogP contribution in [-0.2, 0) is 11.3 Å². The van der Waals surface area contributed by atoms with E-state index in [0.717, 1.165) is 42.4 Å². The molecule has 0 saturated heterocycles. The van der Waals surface area contributed by atoms with Crippen molar-refractivity contribution in [3.63, 3.8) is 0 Å². The zero-order valence-electron chi connectivity index (χ0n) is 19.1. The minimum Gasteiger partial charge on any atom is -0.351 e. The number of rotatable bonds is 7. The smallest absolute Gasteiger partial charge is 0.273 e. The average Bonchev–Trinajstić information content (AvgIpc) is 2.86. The third-order valence-corrected chi connectivity index (χ3v) is 6.34. The van der Waals surface area contributed by atoms with Gasteiger partial charge in [0.1, 0.15) is 11.7 Å². The second-order valence-electron chi connectivity index (χ2n) is 8.74. The van der Waals surface area contributed by atoms with Crippen LogP contribution in [0.3, 0.4) is 0 Å². The molecular weight excluding hydrogens is 410 g/mol. The van der Waals surface area contributed by atoms with Crippen molar-refractivity contribution in [1.82, 2.24) is 15.2 Å². The van der Waals surface area contributed by atoms with Crippen molar-refractivity contribution >= 4 is 11.8 Å². The average molecular weight is 442 g/mol. The molecular formula is C28H31N3O2. The monoisotopic (exact) mass is 441 g/mol. The van der Waals surface area contributed by atoms with Crippen LogP contribution < -0.4 is 5.32 Å². The number of hydrogen-bond donors (Lipinski definition) is 1. The van der Waals surface area contributed by atoms with Crippen molar-refractivity contribution in [3.8, 4) is 0 Å². The van der Waals surface area contributed by atoms with Gasteiger partial charge in [0, 0.05) is 18.8 Å². The molecule has 5 nitrogen and oxygen atoms in total. The van der Waals surface area contributed by atoms with Gasteiger partial charge < -0.3 is 10.2 Å². The summed E-state index contributed by atoms with van der Waals surface area (Å²) in [5.74, 6) is -0.386. The van der Waals surface area contributed by atoms with Gasteiger partial charge in [0.2, 0.25) is 5.91 Å². The highest BCUT2D eigenvalue weighted by Crippen LogP contribution is 2.29. The third kappa shape index (κ3) is 5.67. The fourth-order valence-corrected chi connectivity index (χ4v) is 4.57. The Hall–Kier alpha value is -3.47. The molecule has 33 heavy (non-hydrogen) atoms. The fourth-order valence-electron chi connectivity index (χ4n) is 4.57. The summed E-state index contributed by atoms with van der Waals surface area (Å²) < 4.78 is 0. The number of amides is 2. The number of pyridine rings is 1. The van der Waals surface area contributed by atoms with Crippen molar-refractivity contribution in [1.29, 1.82) is 0 Å². The van der Waals surface area contributed by atoms with Crippen LogP contribution >= 0.6 is 0 Å². The lowest BCUT2D eigenvalue weighted by atomic mass is 9.93. The molecule has 2 amide bonds. The molecule has 4 rings (SSSR count). The summed E-state index contributed by atoms with van der Waals surface area (Å²) >= 11 is 0. The van der Waals surface area contributed by atoms with Crippen molar-refractivity contribution in [2.75, 3.05) is 0 Å². The van der Waals surface area contributed by atoms with Gasteiger partial charge in [-0.15, -0.1) is 0 Å². The highest BCUT2D eigenvalue weighted by Gasteiger charge is 2.34. The first kappa shape index (κ1) is 22.7. The first-order valence-corrected chi connectivity index (χ1v) is 11.8. The van der Waals surface area contributed by atoms with E-state index in [1.165, 1.54) is 6.42 Å². The van der Waals surface area contributed by atoms with Gasteiger partial charge in [0.25, 0.3) is 5.91 Å². The predicted molar refractivity (Wildman–Crippen MR) is 129 cm³/mol. The van der Waals surface area contributed by atoms with E-state index in [9.17, 15) is 9.59 Å². The highest BCUT2D eigenvalue weighted by molar-refractivity contribution is 5.96. The van der Waals surface area contributed by atoms with Gasteiger partial charge in [-0.3, -0.25) is 14.6 Å². The Morgan fingerprint density at radius 3 is 2.33 bits per heavy atom. The number of benzene rings is 2. The highest BCUT2D eigenvalue weighted by atomic mass is 16.2. The molecule has 5 heteroatoms. The topological polar surface area (TPSA) is 62.3 Å². The minimum atomic E-state index is -0.747. The number of nitrogens with one attached hydrogen (secondary N) is 1. The standard InChI is InChI=1S/C28H31N3O2/c1-21-12-8-9-17-24(21)26(27(32)30-23-15-6-3-7-16-23)31(20-22-13-4-2-5-14-22)28(33)25-18-10-11-19-29-25/h2,4-5,8-14,17-19,23,26H,3,6-7,15-16,20H2,1H3,(H,30,32). The zero-order chi connectivity index (χ0) is 23.0. The number of aromatic nitrogens is 1. The van der Waals surface area contributed by atoms with Crippen molar-refractivity contribution in [2.24, 2.45) is 0 Å². The summed E-state index contributed by atoms with van der Waals surface area (Å²) in [7, 11) is 0. The second kappa shape index (κ2) is 10.9. The minimum absolute atomic E-state index is 0.128. The van der Waals surface area contributed by atoms with E-state index in [1.54, 1.807) is 29.3 Å². The number of carbonyl (C=O) groups is 2. The van der Waals surface area contributed by atoms with E-state index in [4.69, 9.17) is 0 Å². The molecule has 1 saturated carbocycles. The molecule has 1 aliphatic rings. The maximum absolute atomic E-state index is 13.8. The molecule has 0 spiro atoms. The molecule has 3 aromatic rings. The van der Waals surface area contributed by atoms with Crippen LogP contribution in [-0.4, -0.2) is 27.7 Å². The third-order valence-electron chi connectivity index (χ3n) is 6.34. The normalized spacial score (nSPS) is 14.9. The van der Waals surface area contributed by atoms with Crippen LogP contribution in [0.1, 0.15) is 65.3 Å². The Labute approximate surface area is 195 Å².